The smallest absolute Gasteiger partial charge is 0.118 e. The molecule has 0 fully saturated rings. The number of hydrogen-bond donors (Lipinski definition) is 1. The van der Waals surface area contributed by atoms with Gasteiger partial charge in [-0.15, -0.1) is 0 Å². The number of nitrogens with zero attached hydrogens (tertiary/aromatic N) is 1. The van der Waals surface area contributed by atoms with Crippen LogP contribution in [0.1, 0.15) is 51.2 Å². The number of furan rings is 1. The second-order valence-electron chi connectivity index (χ2n) is 6.83. The van der Waals surface area contributed by atoms with Crippen LogP contribution < -0.4 is 5.32 Å². The van der Waals surface area contributed by atoms with Gasteiger partial charge >= 0.3 is 0 Å². The quantitative estimate of drug-likeness (QED) is 0.784. The van der Waals surface area contributed by atoms with Gasteiger partial charge in [-0.2, -0.15) is 11.8 Å². The normalized spacial score (nSPS) is 13.9. The first-order chi connectivity index (χ1) is 9.76. The Balaban J connectivity index is 2.64. The first-order valence-electron chi connectivity index (χ1n) is 7.79. The van der Waals surface area contributed by atoms with Crippen molar-refractivity contribution in [3.8, 4) is 0 Å². The summed E-state index contributed by atoms with van der Waals surface area (Å²) in [6.45, 7) is 12.6. The lowest BCUT2D eigenvalue weighted by Gasteiger charge is -2.25. The van der Waals surface area contributed by atoms with Crippen molar-refractivity contribution in [1.82, 2.24) is 10.2 Å². The topological polar surface area (TPSA) is 28.4 Å². The van der Waals surface area contributed by atoms with E-state index in [4.69, 9.17) is 4.42 Å². The maximum Gasteiger partial charge on any atom is 0.118 e. The highest BCUT2D eigenvalue weighted by molar-refractivity contribution is 7.98. The second kappa shape index (κ2) is 8.25. The summed E-state index contributed by atoms with van der Waals surface area (Å²) in [5.74, 6) is 3.28. The standard InChI is InChI=1S/C17H32N2OS/c1-8-15(12-21-7)19(6)11-16-9-14(13(2)20-16)10-18-17(3,4)5/h9,15,18H,8,10-12H2,1-7H3. The highest BCUT2D eigenvalue weighted by Crippen LogP contribution is 2.19. The van der Waals surface area contributed by atoms with Gasteiger partial charge in [0, 0.05) is 29.4 Å². The van der Waals surface area contributed by atoms with E-state index in [9.17, 15) is 0 Å². The number of aryl methyl sites for hydroxylation is 1. The Hall–Kier alpha value is -0.450. The fourth-order valence-electron chi connectivity index (χ4n) is 2.33. The van der Waals surface area contributed by atoms with Crippen molar-refractivity contribution in [2.45, 2.75) is 65.7 Å². The highest BCUT2D eigenvalue weighted by Gasteiger charge is 2.16. The lowest BCUT2D eigenvalue weighted by Crippen LogP contribution is -2.35. The van der Waals surface area contributed by atoms with E-state index in [1.807, 2.05) is 11.8 Å². The molecule has 0 spiro atoms. The van der Waals surface area contributed by atoms with Gasteiger partial charge in [0.05, 0.1) is 6.54 Å². The summed E-state index contributed by atoms with van der Waals surface area (Å²) in [7, 11) is 2.19. The average molecular weight is 313 g/mol. The SMILES string of the molecule is CCC(CSC)N(C)Cc1cc(CNC(C)(C)C)c(C)o1. The first-order valence-corrected chi connectivity index (χ1v) is 9.18. The van der Waals surface area contributed by atoms with Crippen LogP contribution in [-0.2, 0) is 13.1 Å². The van der Waals surface area contributed by atoms with E-state index in [0.717, 1.165) is 24.6 Å². The summed E-state index contributed by atoms with van der Waals surface area (Å²) in [5.41, 5.74) is 1.40. The minimum absolute atomic E-state index is 0.131. The van der Waals surface area contributed by atoms with E-state index >= 15 is 0 Å². The molecule has 0 aromatic carbocycles. The van der Waals surface area contributed by atoms with Crippen molar-refractivity contribution >= 4 is 11.8 Å². The molecular formula is C17H32N2OS. The molecule has 1 aromatic rings. The van der Waals surface area contributed by atoms with Crippen LogP contribution in [0.4, 0.5) is 0 Å². The third-order valence-electron chi connectivity index (χ3n) is 3.74. The maximum absolute atomic E-state index is 5.93. The lowest BCUT2D eigenvalue weighted by atomic mass is 10.1. The molecule has 0 saturated carbocycles. The molecule has 0 radical (unpaired) electrons. The summed E-state index contributed by atoms with van der Waals surface area (Å²) >= 11 is 1.91. The van der Waals surface area contributed by atoms with Crippen LogP contribution >= 0.6 is 11.8 Å². The first kappa shape index (κ1) is 18.6. The van der Waals surface area contributed by atoms with Gasteiger partial charge in [0.1, 0.15) is 11.5 Å². The number of rotatable bonds is 8. The summed E-state index contributed by atoms with van der Waals surface area (Å²) in [6.07, 6.45) is 3.35. The average Bonchev–Trinajstić information content (AvgIpc) is 2.72. The van der Waals surface area contributed by atoms with Crippen molar-refractivity contribution < 1.29 is 4.42 Å². The Kier molecular flexibility index (Phi) is 7.31. The van der Waals surface area contributed by atoms with Gasteiger partial charge in [0.2, 0.25) is 0 Å². The van der Waals surface area contributed by atoms with E-state index in [1.54, 1.807) is 0 Å². The van der Waals surface area contributed by atoms with E-state index in [0.29, 0.717) is 6.04 Å². The van der Waals surface area contributed by atoms with Crippen LogP contribution in [0, 0.1) is 6.92 Å². The number of hydrogen-bond acceptors (Lipinski definition) is 4. The zero-order valence-electron chi connectivity index (χ0n) is 14.7. The van der Waals surface area contributed by atoms with Crippen LogP contribution in [0.2, 0.25) is 0 Å². The van der Waals surface area contributed by atoms with Gasteiger partial charge in [-0.05, 0) is 53.5 Å². The molecule has 1 atom stereocenters. The maximum atomic E-state index is 5.93. The van der Waals surface area contributed by atoms with Gasteiger partial charge in [0.25, 0.3) is 0 Å². The molecule has 0 bridgehead atoms. The molecule has 3 nitrogen and oxygen atoms in total. The molecule has 4 heteroatoms. The third kappa shape index (κ3) is 6.45. The fraction of sp³-hybridized carbons (Fsp3) is 0.765. The van der Waals surface area contributed by atoms with E-state index in [2.05, 4.69) is 64.2 Å². The van der Waals surface area contributed by atoms with Crippen molar-refractivity contribution in [3.63, 3.8) is 0 Å². The van der Waals surface area contributed by atoms with Crippen LogP contribution in [0.25, 0.3) is 0 Å². The summed E-state index contributed by atoms with van der Waals surface area (Å²) in [6, 6.07) is 2.82. The van der Waals surface area contributed by atoms with Gasteiger partial charge in [-0.3, -0.25) is 4.90 Å². The van der Waals surface area contributed by atoms with Gasteiger partial charge in [0.15, 0.2) is 0 Å². The molecule has 0 saturated heterocycles. The van der Waals surface area contributed by atoms with Crippen molar-refractivity contribution in [1.29, 1.82) is 0 Å². The Bertz CT molecular complexity index is 423. The third-order valence-corrected chi connectivity index (χ3v) is 4.46. The Morgan fingerprint density at radius 2 is 2.05 bits per heavy atom. The molecule has 122 valence electrons. The second-order valence-corrected chi connectivity index (χ2v) is 7.74. The van der Waals surface area contributed by atoms with Crippen LogP contribution in [0.3, 0.4) is 0 Å². The monoisotopic (exact) mass is 312 g/mol. The van der Waals surface area contributed by atoms with E-state index in [-0.39, 0.29) is 5.54 Å². The molecule has 0 aliphatic rings. The molecular weight excluding hydrogens is 280 g/mol. The molecule has 0 aliphatic heterocycles. The van der Waals surface area contributed by atoms with E-state index < -0.39 is 0 Å². The molecule has 1 aromatic heterocycles. The molecule has 1 heterocycles. The zero-order chi connectivity index (χ0) is 16.0. The Morgan fingerprint density at radius 1 is 1.38 bits per heavy atom. The van der Waals surface area contributed by atoms with E-state index in [1.165, 1.54) is 17.7 Å². The largest absolute Gasteiger partial charge is 0.465 e. The summed E-state index contributed by atoms with van der Waals surface area (Å²) in [5, 5.41) is 3.52. The highest BCUT2D eigenvalue weighted by atomic mass is 32.2. The zero-order valence-corrected chi connectivity index (χ0v) is 15.6. The van der Waals surface area contributed by atoms with Crippen LogP contribution in [0.15, 0.2) is 10.5 Å². The molecule has 1 rings (SSSR count). The minimum atomic E-state index is 0.131. The molecule has 1 N–H and O–H groups in total. The molecule has 0 aliphatic carbocycles. The molecule has 1 unspecified atom stereocenters. The van der Waals surface area contributed by atoms with Crippen molar-refractivity contribution in [2.24, 2.45) is 0 Å². The predicted molar refractivity (Wildman–Crippen MR) is 94.0 cm³/mol. The molecule has 21 heavy (non-hydrogen) atoms. The number of thioether (sulfide) groups is 1. The summed E-state index contributed by atoms with van der Waals surface area (Å²) in [4.78, 5) is 2.40. The van der Waals surface area contributed by atoms with Crippen LogP contribution in [-0.4, -0.2) is 35.5 Å². The summed E-state index contributed by atoms with van der Waals surface area (Å²) < 4.78 is 5.93. The lowest BCUT2D eigenvalue weighted by molar-refractivity contribution is 0.227. The minimum Gasteiger partial charge on any atom is -0.465 e. The van der Waals surface area contributed by atoms with Gasteiger partial charge in [-0.1, -0.05) is 6.92 Å². The Labute approximate surface area is 134 Å². The van der Waals surface area contributed by atoms with Gasteiger partial charge in [-0.25, -0.2) is 0 Å². The molecule has 0 amide bonds. The van der Waals surface area contributed by atoms with Gasteiger partial charge < -0.3 is 9.73 Å². The fourth-order valence-corrected chi connectivity index (χ4v) is 3.20. The number of nitrogens with one attached hydrogen (secondary N) is 1. The Morgan fingerprint density at radius 3 is 2.57 bits per heavy atom. The predicted octanol–water partition coefficient (Wildman–Crippen LogP) is 4.05. The van der Waals surface area contributed by atoms with Crippen molar-refractivity contribution in [2.75, 3.05) is 19.1 Å². The van der Waals surface area contributed by atoms with Crippen LogP contribution in [0.5, 0.6) is 0 Å². The van der Waals surface area contributed by atoms with Crippen molar-refractivity contribution in [3.05, 3.63) is 23.2 Å².